The molecule has 8 nitrogen and oxygen atoms in total. The molecular weight excluding hydrogens is 674 g/mol. The monoisotopic (exact) mass is 709 g/mol. The van der Waals surface area contributed by atoms with Gasteiger partial charge >= 0.3 is 0 Å². The molecule has 3 aromatic carbocycles. The number of hydrogen-bond donors (Lipinski definition) is 2. The highest BCUT2D eigenvalue weighted by molar-refractivity contribution is 9.10. The quantitative estimate of drug-likeness (QED) is 0.142. The molecular formula is C34H37BrClN5O3S. The number of allylic oxidation sites excluding steroid dienone is 1. The van der Waals surface area contributed by atoms with E-state index in [0.29, 0.717) is 69.5 Å². The topological polar surface area (TPSA) is 90.3 Å². The summed E-state index contributed by atoms with van der Waals surface area (Å²) >= 11 is 11.6. The van der Waals surface area contributed by atoms with Crippen molar-refractivity contribution >= 4 is 56.8 Å². The molecule has 0 fully saturated rings. The second-order valence-electron chi connectivity index (χ2n) is 11.2. The van der Waals surface area contributed by atoms with Crippen molar-refractivity contribution in [1.82, 2.24) is 14.8 Å². The molecule has 1 aliphatic heterocycles. The van der Waals surface area contributed by atoms with Gasteiger partial charge in [0.25, 0.3) is 5.91 Å². The summed E-state index contributed by atoms with van der Waals surface area (Å²) in [5, 5.41) is 12.6. The molecule has 1 unspecified atom stereocenters. The second kappa shape index (κ2) is 14.7. The van der Waals surface area contributed by atoms with Gasteiger partial charge in [0, 0.05) is 22.2 Å². The van der Waals surface area contributed by atoms with E-state index in [2.05, 4.69) is 40.4 Å². The fourth-order valence-electron chi connectivity index (χ4n) is 5.02. The van der Waals surface area contributed by atoms with E-state index in [1.807, 2.05) is 81.4 Å². The Hall–Kier alpha value is -3.47. The minimum Gasteiger partial charge on any atom is -0.490 e. The molecule has 45 heavy (non-hydrogen) atoms. The maximum atomic E-state index is 14.0. The van der Waals surface area contributed by atoms with E-state index in [9.17, 15) is 4.79 Å². The van der Waals surface area contributed by atoms with E-state index >= 15 is 0 Å². The molecule has 0 radical (unpaired) electrons. The number of benzene rings is 3. The average molecular weight is 711 g/mol. The highest BCUT2D eigenvalue weighted by atomic mass is 79.9. The zero-order valence-electron chi connectivity index (χ0n) is 26.0. The first kappa shape index (κ1) is 32.9. The lowest BCUT2D eigenvalue weighted by Crippen LogP contribution is -2.31. The highest BCUT2D eigenvalue weighted by Gasteiger charge is 2.35. The van der Waals surface area contributed by atoms with Crippen molar-refractivity contribution in [3.05, 3.63) is 98.1 Å². The molecule has 0 spiro atoms. The Morgan fingerprint density at radius 1 is 1.13 bits per heavy atom. The molecule has 2 heterocycles. The third kappa shape index (κ3) is 7.85. The van der Waals surface area contributed by atoms with E-state index in [0.717, 1.165) is 27.6 Å². The third-order valence-corrected chi connectivity index (χ3v) is 9.10. The van der Waals surface area contributed by atoms with Crippen LogP contribution in [0.1, 0.15) is 56.8 Å². The number of thioether (sulfide) groups is 1. The number of hydrogen-bond acceptors (Lipinski definition) is 7. The largest absolute Gasteiger partial charge is 0.490 e. The van der Waals surface area contributed by atoms with Crippen LogP contribution in [-0.2, 0) is 10.5 Å². The fourth-order valence-corrected chi connectivity index (χ4v) is 6.71. The van der Waals surface area contributed by atoms with Crippen LogP contribution < -0.4 is 20.1 Å². The summed E-state index contributed by atoms with van der Waals surface area (Å²) in [6, 6.07) is 18.8. The van der Waals surface area contributed by atoms with Gasteiger partial charge in [-0.2, -0.15) is 4.98 Å². The Morgan fingerprint density at radius 3 is 2.67 bits per heavy atom. The van der Waals surface area contributed by atoms with Crippen LogP contribution in [0.25, 0.3) is 0 Å². The summed E-state index contributed by atoms with van der Waals surface area (Å²) in [5.41, 5.74) is 4.75. The van der Waals surface area contributed by atoms with E-state index in [1.165, 1.54) is 11.8 Å². The number of carbonyl (C=O) groups excluding carboxylic acids is 1. The van der Waals surface area contributed by atoms with Gasteiger partial charge in [0.05, 0.1) is 23.3 Å². The summed E-state index contributed by atoms with van der Waals surface area (Å²) in [6.07, 6.45) is 0.913. The van der Waals surface area contributed by atoms with Gasteiger partial charge in [-0.15, -0.1) is 5.10 Å². The maximum absolute atomic E-state index is 14.0. The van der Waals surface area contributed by atoms with Gasteiger partial charge < -0.3 is 20.1 Å². The molecule has 11 heteroatoms. The van der Waals surface area contributed by atoms with Gasteiger partial charge in [-0.1, -0.05) is 67.5 Å². The lowest BCUT2D eigenvalue weighted by molar-refractivity contribution is -0.113. The van der Waals surface area contributed by atoms with Crippen molar-refractivity contribution in [3.8, 4) is 11.5 Å². The van der Waals surface area contributed by atoms with E-state index in [-0.39, 0.29) is 5.91 Å². The van der Waals surface area contributed by atoms with Crippen LogP contribution >= 0.6 is 39.3 Å². The van der Waals surface area contributed by atoms with Crippen molar-refractivity contribution < 1.29 is 14.3 Å². The second-order valence-corrected chi connectivity index (χ2v) is 13.4. The molecule has 1 atom stereocenters. The van der Waals surface area contributed by atoms with Crippen LogP contribution in [0.15, 0.2) is 81.6 Å². The number of aryl methyl sites for hydroxylation is 1. The van der Waals surface area contributed by atoms with Gasteiger partial charge in [-0.05, 0) is 96.1 Å². The van der Waals surface area contributed by atoms with E-state index < -0.39 is 6.04 Å². The zero-order valence-corrected chi connectivity index (χ0v) is 29.1. The number of ether oxygens (including phenoxy) is 2. The zero-order chi connectivity index (χ0) is 32.1. The minimum atomic E-state index is -0.603. The Balaban J connectivity index is 1.55. The Kier molecular flexibility index (Phi) is 10.8. The Bertz CT molecular complexity index is 1720. The number of amides is 1. The Labute approximate surface area is 282 Å². The van der Waals surface area contributed by atoms with Crippen molar-refractivity contribution in [3.63, 3.8) is 0 Å². The lowest BCUT2D eigenvalue weighted by atomic mass is 9.94. The molecule has 0 aliphatic carbocycles. The van der Waals surface area contributed by atoms with Crippen LogP contribution in [0.5, 0.6) is 11.5 Å². The fraction of sp³-hybridized carbons (Fsp3) is 0.324. The first-order chi connectivity index (χ1) is 21.6. The van der Waals surface area contributed by atoms with Gasteiger partial charge in [-0.3, -0.25) is 4.79 Å². The molecule has 1 aliphatic rings. The summed E-state index contributed by atoms with van der Waals surface area (Å²) in [6.45, 7) is 11.2. The number of nitrogens with one attached hydrogen (secondary N) is 2. The summed E-state index contributed by atoms with van der Waals surface area (Å²) < 4.78 is 14.8. The van der Waals surface area contributed by atoms with E-state index in [4.69, 9.17) is 31.2 Å². The molecule has 236 valence electrons. The van der Waals surface area contributed by atoms with Crippen molar-refractivity contribution in [1.29, 1.82) is 0 Å². The standard InChI is InChI=1S/C34H37BrClN5O3S/c1-6-43-28-18-24(17-26(35)31(28)44-15-14-20(2)3)30-29(32(42)38-25-12-9-10-21(4)16-25)22(5)37-33-39-34(40-41(30)33)45-19-23-11-7-8-13-27(23)36/h7-13,16-18,20,30H,6,14-15,19H2,1-5H3,(H,38,42)(H,37,39,40). The SMILES string of the molecule is CCOc1cc(C2C(C(=O)Nc3cccc(C)c3)=C(C)Nc3nc(SCc4ccccc4Cl)nn32)cc(Br)c1OCCC(C)C. The number of carbonyl (C=O) groups is 1. The number of rotatable bonds is 12. The molecule has 0 saturated heterocycles. The van der Waals surface area contributed by atoms with Crippen molar-refractivity contribution in [2.45, 2.75) is 58.0 Å². The molecule has 1 aromatic heterocycles. The molecule has 1 amide bonds. The van der Waals surface area contributed by atoms with Gasteiger partial charge in [0.1, 0.15) is 6.04 Å². The van der Waals surface area contributed by atoms with Crippen LogP contribution in [0.3, 0.4) is 0 Å². The molecule has 0 saturated carbocycles. The normalized spacial score (nSPS) is 14.3. The average Bonchev–Trinajstić information content (AvgIpc) is 3.39. The van der Waals surface area contributed by atoms with Crippen LogP contribution in [0.4, 0.5) is 11.6 Å². The molecule has 0 bridgehead atoms. The van der Waals surface area contributed by atoms with Crippen molar-refractivity contribution in [2.24, 2.45) is 5.92 Å². The number of halogens is 2. The molecule has 2 N–H and O–H groups in total. The van der Waals surface area contributed by atoms with Gasteiger partial charge in [0.15, 0.2) is 11.5 Å². The third-order valence-electron chi connectivity index (χ3n) is 7.26. The van der Waals surface area contributed by atoms with Crippen LogP contribution in [0, 0.1) is 12.8 Å². The first-order valence-electron chi connectivity index (χ1n) is 14.9. The number of fused-ring (bicyclic) bond motifs is 1. The predicted molar refractivity (Wildman–Crippen MR) is 186 cm³/mol. The number of aromatic nitrogens is 3. The lowest BCUT2D eigenvalue weighted by Gasteiger charge is -2.29. The molecule has 5 rings (SSSR count). The Morgan fingerprint density at radius 2 is 1.93 bits per heavy atom. The summed E-state index contributed by atoms with van der Waals surface area (Å²) in [4.78, 5) is 18.8. The summed E-state index contributed by atoms with van der Waals surface area (Å²) in [5.74, 6) is 2.63. The predicted octanol–water partition coefficient (Wildman–Crippen LogP) is 9.05. The van der Waals surface area contributed by atoms with Gasteiger partial charge in [-0.25, -0.2) is 4.68 Å². The maximum Gasteiger partial charge on any atom is 0.255 e. The smallest absolute Gasteiger partial charge is 0.255 e. The number of nitrogens with zero attached hydrogens (tertiary/aromatic N) is 3. The van der Waals surface area contributed by atoms with Crippen molar-refractivity contribution in [2.75, 3.05) is 23.8 Å². The van der Waals surface area contributed by atoms with E-state index in [1.54, 1.807) is 4.68 Å². The van der Waals surface area contributed by atoms with Crippen LogP contribution in [0.2, 0.25) is 5.02 Å². The minimum absolute atomic E-state index is 0.242. The molecule has 4 aromatic rings. The first-order valence-corrected chi connectivity index (χ1v) is 17.1. The number of anilines is 2. The highest BCUT2D eigenvalue weighted by Crippen LogP contribution is 2.43. The van der Waals surface area contributed by atoms with Gasteiger partial charge in [0.2, 0.25) is 11.1 Å². The summed E-state index contributed by atoms with van der Waals surface area (Å²) in [7, 11) is 0. The van der Waals surface area contributed by atoms with Crippen LogP contribution in [-0.4, -0.2) is 33.9 Å².